The molecule has 0 saturated heterocycles. The molecule has 2 rings (SSSR count). The van der Waals surface area contributed by atoms with Gasteiger partial charge in [0, 0.05) is 12.6 Å². The fraction of sp³-hybridized carbons (Fsp3) is 0.462. The Morgan fingerprint density at radius 3 is 2.82 bits per heavy atom. The lowest BCUT2D eigenvalue weighted by atomic mass is 10.2. The molecule has 4 nitrogen and oxygen atoms in total. The number of para-hydroxylation sites is 1. The molecule has 1 saturated carbocycles. The van der Waals surface area contributed by atoms with Crippen LogP contribution in [0.4, 0.5) is 0 Å². The summed E-state index contributed by atoms with van der Waals surface area (Å²) >= 11 is 0. The number of rotatable bonds is 6. The van der Waals surface area contributed by atoms with Crippen molar-refractivity contribution in [3.05, 3.63) is 29.8 Å². The average Bonchev–Trinajstić information content (AvgIpc) is 3.13. The van der Waals surface area contributed by atoms with Crippen molar-refractivity contribution >= 4 is 5.84 Å². The Labute approximate surface area is 102 Å². The van der Waals surface area contributed by atoms with Gasteiger partial charge in [-0.05, 0) is 32.0 Å². The van der Waals surface area contributed by atoms with Crippen LogP contribution in [0.25, 0.3) is 0 Å². The van der Waals surface area contributed by atoms with Crippen LogP contribution in [0.15, 0.2) is 24.3 Å². The van der Waals surface area contributed by atoms with Gasteiger partial charge in [0.1, 0.15) is 18.2 Å². The van der Waals surface area contributed by atoms with Gasteiger partial charge in [0.05, 0.1) is 5.56 Å². The summed E-state index contributed by atoms with van der Waals surface area (Å²) in [5.41, 5.74) is 6.17. The third kappa shape index (κ3) is 3.20. The van der Waals surface area contributed by atoms with Gasteiger partial charge in [0.25, 0.3) is 0 Å². The number of hydrogen-bond acceptors (Lipinski definition) is 3. The van der Waals surface area contributed by atoms with Crippen molar-refractivity contribution in [3.8, 4) is 5.75 Å². The topological polar surface area (TPSA) is 62.3 Å². The number of benzene rings is 1. The average molecular weight is 233 g/mol. The van der Waals surface area contributed by atoms with E-state index in [-0.39, 0.29) is 5.84 Å². The molecule has 3 N–H and O–H groups in total. The summed E-state index contributed by atoms with van der Waals surface area (Å²) < 4.78 is 5.68. The maximum absolute atomic E-state index is 7.46. The minimum atomic E-state index is 0.0520. The number of nitrogens with two attached hydrogens (primary N) is 1. The molecule has 1 aliphatic carbocycles. The van der Waals surface area contributed by atoms with E-state index >= 15 is 0 Å². The zero-order valence-electron chi connectivity index (χ0n) is 10.1. The SMILES string of the molecule is CN(CCOc1ccccc1C(=N)N)C1CC1. The summed E-state index contributed by atoms with van der Waals surface area (Å²) in [5.74, 6) is 0.750. The Bertz CT molecular complexity index is 401. The van der Waals surface area contributed by atoms with Crippen molar-refractivity contribution in [1.82, 2.24) is 4.90 Å². The highest BCUT2D eigenvalue weighted by molar-refractivity contribution is 5.97. The lowest BCUT2D eigenvalue weighted by Gasteiger charge is -2.16. The fourth-order valence-electron chi connectivity index (χ4n) is 1.81. The monoisotopic (exact) mass is 233 g/mol. The van der Waals surface area contributed by atoms with Crippen LogP contribution in [-0.4, -0.2) is 37.0 Å². The largest absolute Gasteiger partial charge is 0.491 e. The first-order valence-electron chi connectivity index (χ1n) is 5.95. The van der Waals surface area contributed by atoms with Gasteiger partial charge in [-0.15, -0.1) is 0 Å². The third-order valence-corrected chi connectivity index (χ3v) is 3.05. The van der Waals surface area contributed by atoms with Crippen LogP contribution < -0.4 is 10.5 Å². The minimum absolute atomic E-state index is 0.0520. The molecule has 0 atom stereocenters. The summed E-state index contributed by atoms with van der Waals surface area (Å²) in [7, 11) is 2.12. The number of ether oxygens (including phenoxy) is 1. The molecule has 17 heavy (non-hydrogen) atoms. The van der Waals surface area contributed by atoms with Crippen LogP contribution in [0.1, 0.15) is 18.4 Å². The van der Waals surface area contributed by atoms with Crippen molar-refractivity contribution in [1.29, 1.82) is 5.41 Å². The van der Waals surface area contributed by atoms with Crippen LogP contribution in [0.5, 0.6) is 5.75 Å². The quantitative estimate of drug-likeness (QED) is 0.577. The second-order valence-electron chi connectivity index (χ2n) is 4.47. The van der Waals surface area contributed by atoms with E-state index in [9.17, 15) is 0 Å². The Hall–Kier alpha value is -1.55. The number of nitrogen functional groups attached to an aromatic ring is 1. The molecule has 0 amide bonds. The van der Waals surface area contributed by atoms with E-state index in [2.05, 4.69) is 11.9 Å². The van der Waals surface area contributed by atoms with Crippen LogP contribution in [0, 0.1) is 5.41 Å². The molecule has 0 aliphatic heterocycles. The van der Waals surface area contributed by atoms with Gasteiger partial charge in [-0.25, -0.2) is 0 Å². The van der Waals surface area contributed by atoms with Crippen molar-refractivity contribution in [2.75, 3.05) is 20.2 Å². The van der Waals surface area contributed by atoms with Crippen LogP contribution in [0.3, 0.4) is 0 Å². The summed E-state index contributed by atoms with van der Waals surface area (Å²) in [6, 6.07) is 8.17. The molecule has 0 unspecified atom stereocenters. The van der Waals surface area contributed by atoms with Crippen molar-refractivity contribution in [2.24, 2.45) is 5.73 Å². The number of hydrogen-bond donors (Lipinski definition) is 2. The van der Waals surface area contributed by atoms with Gasteiger partial charge in [0.2, 0.25) is 0 Å². The predicted octanol–water partition coefficient (Wildman–Crippen LogP) is 1.44. The summed E-state index contributed by atoms with van der Waals surface area (Å²) in [6.45, 7) is 1.55. The van der Waals surface area contributed by atoms with E-state index in [0.29, 0.717) is 17.9 Å². The minimum Gasteiger partial charge on any atom is -0.491 e. The molecule has 1 aliphatic rings. The van der Waals surface area contributed by atoms with Gasteiger partial charge < -0.3 is 15.4 Å². The number of nitrogens with one attached hydrogen (secondary N) is 1. The third-order valence-electron chi connectivity index (χ3n) is 3.05. The smallest absolute Gasteiger partial charge is 0.130 e. The van der Waals surface area contributed by atoms with Crippen molar-refractivity contribution in [3.63, 3.8) is 0 Å². The first-order valence-corrected chi connectivity index (χ1v) is 5.95. The molecule has 0 heterocycles. The van der Waals surface area contributed by atoms with Gasteiger partial charge >= 0.3 is 0 Å². The number of likely N-dealkylation sites (N-methyl/N-ethyl adjacent to an activating group) is 1. The van der Waals surface area contributed by atoms with Crippen LogP contribution in [-0.2, 0) is 0 Å². The van der Waals surface area contributed by atoms with Gasteiger partial charge in [-0.3, -0.25) is 5.41 Å². The summed E-state index contributed by atoms with van der Waals surface area (Å²) in [5, 5.41) is 7.46. The molecule has 1 fully saturated rings. The highest BCUT2D eigenvalue weighted by Crippen LogP contribution is 2.25. The highest BCUT2D eigenvalue weighted by atomic mass is 16.5. The Balaban J connectivity index is 1.87. The first kappa shape index (κ1) is 11.9. The molecule has 4 heteroatoms. The molecular weight excluding hydrogens is 214 g/mol. The van der Waals surface area contributed by atoms with Crippen LogP contribution in [0.2, 0.25) is 0 Å². The van der Waals surface area contributed by atoms with Crippen LogP contribution >= 0.6 is 0 Å². The molecule has 92 valence electrons. The molecular formula is C13H19N3O. The van der Waals surface area contributed by atoms with E-state index in [1.54, 1.807) is 0 Å². The zero-order valence-corrected chi connectivity index (χ0v) is 10.1. The van der Waals surface area contributed by atoms with Crippen molar-refractivity contribution in [2.45, 2.75) is 18.9 Å². The highest BCUT2D eigenvalue weighted by Gasteiger charge is 2.25. The van der Waals surface area contributed by atoms with Gasteiger partial charge in [-0.1, -0.05) is 12.1 Å². The van der Waals surface area contributed by atoms with E-state index in [1.165, 1.54) is 12.8 Å². The second kappa shape index (κ2) is 5.19. The Kier molecular flexibility index (Phi) is 3.64. The summed E-state index contributed by atoms with van der Waals surface area (Å²) in [4.78, 5) is 2.32. The number of nitrogens with zero attached hydrogens (tertiary/aromatic N) is 1. The van der Waals surface area contributed by atoms with Gasteiger partial charge in [-0.2, -0.15) is 0 Å². The first-order chi connectivity index (χ1) is 8.18. The standard InChI is InChI=1S/C13H19N3O/c1-16(10-6-7-10)8-9-17-12-5-3-2-4-11(12)13(14)15/h2-5,10H,6-9H2,1H3,(H3,14,15). The maximum Gasteiger partial charge on any atom is 0.130 e. The van der Waals surface area contributed by atoms with E-state index < -0.39 is 0 Å². The summed E-state index contributed by atoms with van der Waals surface area (Å²) in [6.07, 6.45) is 2.61. The van der Waals surface area contributed by atoms with E-state index in [0.717, 1.165) is 12.6 Å². The maximum atomic E-state index is 7.46. The molecule has 0 radical (unpaired) electrons. The molecule has 0 aromatic heterocycles. The molecule has 0 bridgehead atoms. The second-order valence-corrected chi connectivity index (χ2v) is 4.47. The lowest BCUT2D eigenvalue weighted by molar-refractivity contribution is 0.231. The Morgan fingerprint density at radius 2 is 2.18 bits per heavy atom. The fourth-order valence-corrected chi connectivity index (χ4v) is 1.81. The lowest BCUT2D eigenvalue weighted by Crippen LogP contribution is -2.26. The Morgan fingerprint density at radius 1 is 1.47 bits per heavy atom. The molecule has 1 aromatic carbocycles. The van der Waals surface area contributed by atoms with E-state index in [4.69, 9.17) is 15.9 Å². The predicted molar refractivity (Wildman–Crippen MR) is 68.6 cm³/mol. The number of amidine groups is 1. The zero-order chi connectivity index (χ0) is 12.3. The van der Waals surface area contributed by atoms with E-state index in [1.807, 2.05) is 24.3 Å². The van der Waals surface area contributed by atoms with Gasteiger partial charge in [0.15, 0.2) is 0 Å². The molecule has 1 aromatic rings. The normalized spacial score (nSPS) is 14.9. The molecule has 0 spiro atoms. The van der Waals surface area contributed by atoms with Crippen molar-refractivity contribution < 1.29 is 4.74 Å².